The minimum absolute atomic E-state index is 0.101. The van der Waals surface area contributed by atoms with Crippen molar-refractivity contribution >= 4 is 14.6 Å². The van der Waals surface area contributed by atoms with Gasteiger partial charge in [-0.05, 0) is 129 Å². The zero-order valence-corrected chi connectivity index (χ0v) is 26.3. The fourth-order valence-electron chi connectivity index (χ4n) is 11.4. The van der Waals surface area contributed by atoms with Crippen LogP contribution in [0.1, 0.15) is 106 Å². The van der Waals surface area contributed by atoms with Crippen LogP contribution in [0, 0.1) is 56.7 Å². The van der Waals surface area contributed by atoms with Gasteiger partial charge in [0.1, 0.15) is 6.29 Å². The normalized spacial score (nSPS) is 52.2. The monoisotopic (exact) mass is 512 g/mol. The van der Waals surface area contributed by atoms with Crippen LogP contribution in [0.15, 0.2) is 11.6 Å². The minimum atomic E-state index is -1.58. The van der Waals surface area contributed by atoms with E-state index < -0.39 is 8.32 Å². The summed E-state index contributed by atoms with van der Waals surface area (Å²) in [6.45, 7) is 25.1. The molecule has 36 heavy (non-hydrogen) atoms. The topological polar surface area (TPSA) is 26.3 Å². The predicted octanol–water partition coefficient (Wildman–Crippen LogP) is 9.06. The molecular formula is C33H56O2Si. The molecule has 0 heterocycles. The molecule has 3 heteroatoms. The summed E-state index contributed by atoms with van der Waals surface area (Å²) in [6, 6.07) is 0. The maximum atomic E-state index is 12.7. The Morgan fingerprint density at radius 1 is 0.889 bits per heavy atom. The Kier molecular flexibility index (Phi) is 6.26. The molecule has 0 aromatic heterocycles. The summed E-state index contributed by atoms with van der Waals surface area (Å²) in [7, 11) is -1.58. The average molecular weight is 513 g/mol. The highest BCUT2D eigenvalue weighted by Crippen LogP contribution is 2.75. The third kappa shape index (κ3) is 3.53. The molecule has 0 N–H and O–H groups in total. The van der Waals surface area contributed by atoms with Gasteiger partial charge in [-0.25, -0.2) is 0 Å². The Morgan fingerprint density at radius 2 is 1.58 bits per heavy atom. The molecule has 5 rings (SSSR count). The molecule has 0 amide bonds. The number of carbonyl (C=O) groups excluding carboxylic acids is 1. The number of fused-ring (bicyclic) bond motifs is 7. The number of allylic oxidation sites excluding steroid dienone is 2. The SMILES string of the molecule is CC1CCC2(C=O)CCC3(C)C(=CCC4C5(C)CCC(O[Si](C)(C)C)C(C)(C)C5CCC43C)C2C1C. The van der Waals surface area contributed by atoms with Crippen molar-refractivity contribution < 1.29 is 9.22 Å². The standard InChI is InChI=1S/C33H56O2Si/c1-22-13-18-33(21-34)20-19-31(6)24(28(33)23(22)2)11-12-26-30(5)16-15-27(35-36(8,9)10)29(3,4)25(30)14-17-32(26,31)7/h11,21-23,25-28H,12-20H2,1-10H3. The van der Waals surface area contributed by atoms with Crippen LogP contribution in [0.25, 0.3) is 0 Å². The number of carbonyl (C=O) groups is 1. The van der Waals surface area contributed by atoms with Gasteiger partial charge in [-0.15, -0.1) is 0 Å². The lowest BCUT2D eigenvalue weighted by molar-refractivity contribution is -0.201. The summed E-state index contributed by atoms with van der Waals surface area (Å²) < 4.78 is 6.85. The molecule has 4 fully saturated rings. The van der Waals surface area contributed by atoms with Gasteiger partial charge in [-0.2, -0.15) is 0 Å². The van der Waals surface area contributed by atoms with Crippen LogP contribution in [-0.2, 0) is 9.22 Å². The van der Waals surface area contributed by atoms with E-state index in [1.165, 1.54) is 51.2 Å². The van der Waals surface area contributed by atoms with Crippen LogP contribution < -0.4 is 0 Å². The Labute approximate surface area is 223 Å². The lowest BCUT2D eigenvalue weighted by Crippen LogP contribution is -2.65. The van der Waals surface area contributed by atoms with E-state index in [1.54, 1.807) is 5.57 Å². The summed E-state index contributed by atoms with van der Waals surface area (Å²) in [4.78, 5) is 12.7. The third-order valence-corrected chi connectivity index (χ3v) is 14.7. The van der Waals surface area contributed by atoms with Gasteiger partial charge in [0.25, 0.3) is 0 Å². The molecule has 4 saturated carbocycles. The second-order valence-corrected chi connectivity index (χ2v) is 21.0. The van der Waals surface area contributed by atoms with E-state index >= 15 is 0 Å². The first-order valence-corrected chi connectivity index (χ1v) is 18.8. The molecule has 10 unspecified atom stereocenters. The molecule has 10 atom stereocenters. The zero-order valence-electron chi connectivity index (χ0n) is 25.3. The molecule has 5 aliphatic carbocycles. The first kappa shape index (κ1) is 27.2. The number of hydrogen-bond acceptors (Lipinski definition) is 2. The fraction of sp³-hybridized carbons (Fsp3) is 0.909. The summed E-state index contributed by atoms with van der Waals surface area (Å²) in [5, 5.41) is 0. The Morgan fingerprint density at radius 3 is 2.22 bits per heavy atom. The molecule has 0 saturated heterocycles. The molecular weight excluding hydrogens is 456 g/mol. The highest BCUT2D eigenvalue weighted by atomic mass is 28.4. The molecule has 0 spiro atoms. The maximum Gasteiger partial charge on any atom is 0.184 e. The molecule has 0 aromatic rings. The van der Waals surface area contributed by atoms with Crippen LogP contribution in [0.2, 0.25) is 19.6 Å². The van der Waals surface area contributed by atoms with Gasteiger partial charge in [0.2, 0.25) is 0 Å². The van der Waals surface area contributed by atoms with Crippen LogP contribution >= 0.6 is 0 Å². The highest BCUT2D eigenvalue weighted by Gasteiger charge is 2.68. The zero-order chi connectivity index (χ0) is 26.5. The van der Waals surface area contributed by atoms with Gasteiger partial charge < -0.3 is 9.22 Å². The van der Waals surface area contributed by atoms with Crippen molar-refractivity contribution in [3.05, 3.63) is 11.6 Å². The molecule has 0 radical (unpaired) electrons. The van der Waals surface area contributed by atoms with Crippen molar-refractivity contribution in [3.63, 3.8) is 0 Å². The summed E-state index contributed by atoms with van der Waals surface area (Å²) >= 11 is 0. The Balaban J connectivity index is 1.54. The van der Waals surface area contributed by atoms with E-state index in [1.807, 2.05) is 0 Å². The lowest BCUT2D eigenvalue weighted by Gasteiger charge is -2.71. The molecule has 0 bridgehead atoms. The summed E-state index contributed by atoms with van der Waals surface area (Å²) in [5.74, 6) is 3.23. The molecule has 5 aliphatic rings. The first-order chi connectivity index (χ1) is 16.6. The van der Waals surface area contributed by atoms with E-state index in [2.05, 4.69) is 74.2 Å². The fourth-order valence-corrected chi connectivity index (χ4v) is 12.6. The van der Waals surface area contributed by atoms with Crippen molar-refractivity contribution in [2.24, 2.45) is 56.7 Å². The molecule has 2 nitrogen and oxygen atoms in total. The molecule has 204 valence electrons. The van der Waals surface area contributed by atoms with E-state index in [9.17, 15) is 4.79 Å². The number of hydrogen-bond donors (Lipinski definition) is 0. The van der Waals surface area contributed by atoms with E-state index in [0.717, 1.165) is 24.7 Å². The van der Waals surface area contributed by atoms with E-state index in [4.69, 9.17) is 4.43 Å². The van der Waals surface area contributed by atoms with Gasteiger partial charge in [-0.3, -0.25) is 0 Å². The summed E-state index contributed by atoms with van der Waals surface area (Å²) in [6.07, 6.45) is 15.6. The number of rotatable bonds is 3. The van der Waals surface area contributed by atoms with Gasteiger partial charge >= 0.3 is 0 Å². The van der Waals surface area contributed by atoms with Gasteiger partial charge in [-0.1, -0.05) is 60.1 Å². The minimum Gasteiger partial charge on any atom is -0.414 e. The van der Waals surface area contributed by atoms with E-state index in [0.29, 0.717) is 34.7 Å². The molecule has 0 aromatic carbocycles. The largest absolute Gasteiger partial charge is 0.414 e. The second kappa shape index (κ2) is 8.29. The van der Waals surface area contributed by atoms with Gasteiger partial charge in [0.05, 0.1) is 6.10 Å². The summed E-state index contributed by atoms with van der Waals surface area (Å²) in [5.41, 5.74) is 2.74. The maximum absolute atomic E-state index is 12.7. The van der Waals surface area contributed by atoms with Crippen LogP contribution in [-0.4, -0.2) is 20.7 Å². The van der Waals surface area contributed by atoms with Gasteiger partial charge in [0.15, 0.2) is 8.32 Å². The highest BCUT2D eigenvalue weighted by molar-refractivity contribution is 6.69. The first-order valence-electron chi connectivity index (χ1n) is 15.4. The van der Waals surface area contributed by atoms with Gasteiger partial charge in [0, 0.05) is 5.41 Å². The Hall–Kier alpha value is -0.413. The molecule has 0 aliphatic heterocycles. The van der Waals surface area contributed by atoms with Crippen molar-refractivity contribution in [1.29, 1.82) is 0 Å². The van der Waals surface area contributed by atoms with Crippen molar-refractivity contribution in [2.75, 3.05) is 0 Å². The second-order valence-electron chi connectivity index (χ2n) is 16.6. The predicted molar refractivity (Wildman–Crippen MR) is 153 cm³/mol. The smallest absolute Gasteiger partial charge is 0.184 e. The van der Waals surface area contributed by atoms with Crippen molar-refractivity contribution in [1.82, 2.24) is 0 Å². The quantitative estimate of drug-likeness (QED) is 0.214. The van der Waals surface area contributed by atoms with E-state index in [-0.39, 0.29) is 16.2 Å². The van der Waals surface area contributed by atoms with Crippen LogP contribution in [0.5, 0.6) is 0 Å². The van der Waals surface area contributed by atoms with Crippen molar-refractivity contribution in [3.8, 4) is 0 Å². The van der Waals surface area contributed by atoms with Crippen molar-refractivity contribution in [2.45, 2.75) is 132 Å². The Bertz CT molecular complexity index is 930. The van der Waals surface area contributed by atoms with Crippen LogP contribution in [0.3, 0.4) is 0 Å². The number of aldehydes is 1. The third-order valence-electron chi connectivity index (χ3n) is 13.7. The van der Waals surface area contributed by atoms with Crippen LogP contribution in [0.4, 0.5) is 0 Å². The lowest BCUT2D eigenvalue weighted by atomic mass is 9.33. The average Bonchev–Trinajstić information content (AvgIpc) is 2.78.